The van der Waals surface area contributed by atoms with Crippen LogP contribution in [0.2, 0.25) is 0 Å². The molecule has 4 heteroatoms. The summed E-state index contributed by atoms with van der Waals surface area (Å²) < 4.78 is 15.8. The molecule has 0 aromatic heterocycles. The van der Waals surface area contributed by atoms with Gasteiger partial charge in [-0.2, -0.15) is 0 Å². The Kier molecular flexibility index (Phi) is 6.09. The zero-order valence-electron chi connectivity index (χ0n) is 11.0. The summed E-state index contributed by atoms with van der Waals surface area (Å²) in [6.07, 6.45) is 0. The number of phenols is 1. The van der Waals surface area contributed by atoms with E-state index in [2.05, 4.69) is 26.0 Å². The van der Waals surface area contributed by atoms with Gasteiger partial charge in [0.15, 0.2) is 0 Å². The van der Waals surface area contributed by atoms with E-state index in [1.54, 1.807) is 6.07 Å². The van der Waals surface area contributed by atoms with Crippen molar-refractivity contribution in [1.82, 2.24) is 0 Å². The van der Waals surface area contributed by atoms with Crippen molar-refractivity contribution in [1.29, 1.82) is 0 Å². The third-order valence-electron chi connectivity index (χ3n) is 3.07. The molecule has 19 heavy (non-hydrogen) atoms. The molecule has 2 aromatic rings. The SMILES string of the molecule is CC(C)(c1ccccc1)c1ccccc1O.[O]=[Ti][OH]. The summed E-state index contributed by atoms with van der Waals surface area (Å²) in [6, 6.07) is 17.7. The molecule has 0 amide bonds. The van der Waals surface area contributed by atoms with Gasteiger partial charge in [-0.3, -0.25) is 0 Å². The van der Waals surface area contributed by atoms with Crippen molar-refractivity contribution < 1.29 is 31.6 Å². The maximum atomic E-state index is 9.91. The van der Waals surface area contributed by atoms with E-state index in [-0.39, 0.29) is 5.41 Å². The minimum atomic E-state index is -1.75. The third-order valence-corrected chi connectivity index (χ3v) is 3.07. The van der Waals surface area contributed by atoms with Gasteiger partial charge < -0.3 is 5.11 Å². The standard InChI is InChI=1S/C15H16O.H2O.O.Ti/c1-15(2,12-8-4-3-5-9-12)13-10-6-7-11-14(13)16;;;/h3-11,16H,1-2H3;1H2;;/q;;;+1/p-1. The van der Waals surface area contributed by atoms with E-state index in [4.69, 9.17) is 7.01 Å². The van der Waals surface area contributed by atoms with Crippen molar-refractivity contribution in [3.8, 4) is 5.75 Å². The predicted molar refractivity (Wildman–Crippen MR) is 69.6 cm³/mol. The molecular weight excluding hydrogens is 276 g/mol. The number of rotatable bonds is 2. The van der Waals surface area contributed by atoms with Gasteiger partial charge in [-0.15, -0.1) is 0 Å². The molecular formula is C15H17O3Ti. The molecule has 3 nitrogen and oxygen atoms in total. The summed E-state index contributed by atoms with van der Waals surface area (Å²) in [5, 5.41) is 9.91. The predicted octanol–water partition coefficient (Wildman–Crippen LogP) is 3.04. The van der Waals surface area contributed by atoms with Crippen molar-refractivity contribution in [3.05, 3.63) is 65.7 Å². The number of phenolic OH excluding ortho intramolecular Hbond substituents is 1. The van der Waals surface area contributed by atoms with Crippen molar-refractivity contribution in [3.63, 3.8) is 0 Å². The van der Waals surface area contributed by atoms with Gasteiger partial charge in [-0.05, 0) is 11.6 Å². The van der Waals surface area contributed by atoms with Gasteiger partial charge in [-0.1, -0.05) is 62.4 Å². The summed E-state index contributed by atoms with van der Waals surface area (Å²) in [7, 11) is 0. The third kappa shape index (κ3) is 4.10. The first-order valence-electron chi connectivity index (χ1n) is 5.89. The van der Waals surface area contributed by atoms with Crippen molar-refractivity contribution in [2.75, 3.05) is 0 Å². The van der Waals surface area contributed by atoms with Crippen LogP contribution in [0.4, 0.5) is 0 Å². The number of hydrogen-bond donors (Lipinski definition) is 2. The Morgan fingerprint density at radius 3 is 1.95 bits per heavy atom. The summed E-state index contributed by atoms with van der Waals surface area (Å²) >= 11 is -1.75. The molecule has 99 valence electrons. The van der Waals surface area contributed by atoms with E-state index >= 15 is 0 Å². The quantitative estimate of drug-likeness (QED) is 0.837. The molecule has 0 saturated carbocycles. The maximum absolute atomic E-state index is 9.91. The van der Waals surface area contributed by atoms with E-state index in [0.29, 0.717) is 5.75 Å². The molecule has 0 saturated heterocycles. The Hall–Kier alpha value is -1.29. The van der Waals surface area contributed by atoms with Gasteiger partial charge in [0.05, 0.1) is 0 Å². The second-order valence-corrected chi connectivity index (χ2v) is 4.88. The van der Waals surface area contributed by atoms with E-state index in [1.807, 2.05) is 36.4 Å². The van der Waals surface area contributed by atoms with Gasteiger partial charge in [0.25, 0.3) is 0 Å². The molecule has 0 radical (unpaired) electrons. The molecule has 0 atom stereocenters. The molecule has 0 spiro atoms. The zero-order valence-corrected chi connectivity index (χ0v) is 12.6. The van der Waals surface area contributed by atoms with Gasteiger partial charge in [0, 0.05) is 11.0 Å². The first-order chi connectivity index (χ1) is 9.04. The second kappa shape index (κ2) is 7.34. The Balaban J connectivity index is 0.000000550. The van der Waals surface area contributed by atoms with Crippen LogP contribution in [0.5, 0.6) is 5.75 Å². The van der Waals surface area contributed by atoms with E-state index in [1.165, 1.54) is 5.56 Å². The van der Waals surface area contributed by atoms with Crippen molar-refractivity contribution in [2.45, 2.75) is 19.3 Å². The van der Waals surface area contributed by atoms with Crippen LogP contribution in [0.15, 0.2) is 54.6 Å². The molecule has 0 unspecified atom stereocenters. The van der Waals surface area contributed by atoms with Gasteiger partial charge in [-0.25, -0.2) is 0 Å². The Morgan fingerprint density at radius 1 is 0.947 bits per heavy atom. The number of hydrogen-bond acceptors (Lipinski definition) is 2. The van der Waals surface area contributed by atoms with Gasteiger partial charge in [0.2, 0.25) is 0 Å². The molecule has 0 fully saturated rings. The van der Waals surface area contributed by atoms with Gasteiger partial charge in [0.1, 0.15) is 5.75 Å². The van der Waals surface area contributed by atoms with Crippen molar-refractivity contribution >= 4 is 0 Å². The summed E-state index contributed by atoms with van der Waals surface area (Å²) in [4.78, 5) is 0. The normalized spacial score (nSPS) is 10.1. The van der Waals surface area contributed by atoms with Crippen LogP contribution in [-0.4, -0.2) is 8.79 Å². The van der Waals surface area contributed by atoms with Crippen LogP contribution in [0, 0.1) is 0 Å². The van der Waals surface area contributed by atoms with Crippen LogP contribution >= 0.6 is 0 Å². The van der Waals surface area contributed by atoms with Crippen LogP contribution < -0.4 is 0 Å². The first kappa shape index (κ1) is 15.8. The average molecular weight is 293 g/mol. The van der Waals surface area contributed by atoms with Gasteiger partial charge >= 0.3 is 26.5 Å². The first-order valence-corrected chi connectivity index (χ1v) is 7.23. The Labute approximate surface area is 122 Å². The molecule has 0 aliphatic heterocycles. The molecule has 2 rings (SSSR count). The summed E-state index contributed by atoms with van der Waals surface area (Å²) in [5.74, 6) is 0.358. The fourth-order valence-corrected chi connectivity index (χ4v) is 2.01. The minimum absolute atomic E-state index is 0.174. The van der Waals surface area contributed by atoms with Crippen LogP contribution in [0.1, 0.15) is 25.0 Å². The molecule has 0 bridgehead atoms. The summed E-state index contributed by atoms with van der Waals surface area (Å²) in [5.41, 5.74) is 1.99. The fourth-order valence-electron chi connectivity index (χ4n) is 2.01. The molecule has 0 heterocycles. The van der Waals surface area contributed by atoms with Crippen LogP contribution in [-0.2, 0) is 28.2 Å². The number of benzene rings is 2. The zero-order chi connectivity index (χ0) is 14.3. The van der Waals surface area contributed by atoms with E-state index in [9.17, 15) is 5.11 Å². The Morgan fingerprint density at radius 2 is 1.42 bits per heavy atom. The monoisotopic (exact) mass is 293 g/mol. The second-order valence-electron chi connectivity index (χ2n) is 4.60. The van der Waals surface area contributed by atoms with Crippen LogP contribution in [0.3, 0.4) is 0 Å². The molecule has 2 aromatic carbocycles. The topological polar surface area (TPSA) is 57.5 Å². The molecule has 0 aliphatic rings. The molecule has 0 aliphatic carbocycles. The van der Waals surface area contributed by atoms with E-state index < -0.39 is 19.5 Å². The van der Waals surface area contributed by atoms with Crippen molar-refractivity contribution in [2.24, 2.45) is 0 Å². The van der Waals surface area contributed by atoms with E-state index in [0.717, 1.165) is 5.56 Å². The number of para-hydroxylation sites is 1. The van der Waals surface area contributed by atoms with Crippen LogP contribution in [0.25, 0.3) is 0 Å². The number of aromatic hydroxyl groups is 1. The summed E-state index contributed by atoms with van der Waals surface area (Å²) in [6.45, 7) is 4.24. The fraction of sp³-hybridized carbons (Fsp3) is 0.200. The molecule has 2 N–H and O–H groups in total. The average Bonchev–Trinajstić information content (AvgIpc) is 2.41. The Bertz CT molecular complexity index is 524.